The van der Waals surface area contributed by atoms with Gasteiger partial charge in [-0.05, 0) is 30.3 Å². The van der Waals surface area contributed by atoms with Crippen LogP contribution < -0.4 is 10.1 Å². The lowest BCUT2D eigenvalue weighted by molar-refractivity contribution is 0.0303. The molecule has 0 spiro atoms. The van der Waals surface area contributed by atoms with Gasteiger partial charge in [0.2, 0.25) is 5.88 Å². The molecule has 25 heavy (non-hydrogen) atoms. The van der Waals surface area contributed by atoms with Gasteiger partial charge in [-0.2, -0.15) is 4.98 Å². The number of amides is 2. The van der Waals surface area contributed by atoms with Crippen molar-refractivity contribution in [3.05, 3.63) is 53.6 Å². The summed E-state index contributed by atoms with van der Waals surface area (Å²) in [5.41, 5.74) is 1.00. The number of benzene rings is 1. The minimum Gasteiger partial charge on any atom is -0.481 e. The molecule has 7 nitrogen and oxygen atoms in total. The van der Waals surface area contributed by atoms with Gasteiger partial charge >= 0.3 is 0 Å². The Hall–Kier alpha value is -2.93. The van der Waals surface area contributed by atoms with E-state index in [9.17, 15) is 9.59 Å². The summed E-state index contributed by atoms with van der Waals surface area (Å²) in [4.78, 5) is 30.6. The van der Waals surface area contributed by atoms with E-state index >= 15 is 0 Å². The number of morpholine rings is 1. The molecule has 2 heterocycles. The fourth-order valence-electron chi connectivity index (χ4n) is 2.50. The number of rotatable bonds is 4. The van der Waals surface area contributed by atoms with Crippen LogP contribution in [0.5, 0.6) is 5.88 Å². The molecule has 1 fully saturated rings. The summed E-state index contributed by atoms with van der Waals surface area (Å²) >= 11 is 0. The van der Waals surface area contributed by atoms with Crippen molar-refractivity contribution in [3.8, 4) is 5.88 Å². The van der Waals surface area contributed by atoms with Gasteiger partial charge in [-0.25, -0.2) is 0 Å². The monoisotopic (exact) mass is 341 g/mol. The molecular weight excluding hydrogens is 322 g/mol. The highest BCUT2D eigenvalue weighted by Gasteiger charge is 2.18. The zero-order valence-corrected chi connectivity index (χ0v) is 13.9. The van der Waals surface area contributed by atoms with Crippen LogP contribution in [0.4, 0.5) is 5.82 Å². The first kappa shape index (κ1) is 16.9. The molecular formula is C18H19N3O4. The van der Waals surface area contributed by atoms with Crippen molar-refractivity contribution in [1.29, 1.82) is 0 Å². The Morgan fingerprint density at radius 3 is 2.44 bits per heavy atom. The molecule has 0 atom stereocenters. The van der Waals surface area contributed by atoms with Crippen LogP contribution in [0.2, 0.25) is 0 Å². The number of hydrogen-bond acceptors (Lipinski definition) is 5. The zero-order valence-electron chi connectivity index (χ0n) is 13.9. The van der Waals surface area contributed by atoms with E-state index in [0.717, 1.165) is 0 Å². The van der Waals surface area contributed by atoms with Crippen molar-refractivity contribution in [2.45, 2.75) is 0 Å². The Labute approximate surface area is 145 Å². The Morgan fingerprint density at radius 2 is 1.76 bits per heavy atom. The predicted molar refractivity (Wildman–Crippen MR) is 91.9 cm³/mol. The second kappa shape index (κ2) is 7.76. The lowest BCUT2D eigenvalue weighted by Crippen LogP contribution is -2.40. The Bertz CT molecular complexity index is 755. The quantitative estimate of drug-likeness (QED) is 0.917. The summed E-state index contributed by atoms with van der Waals surface area (Å²) < 4.78 is 10.3. The SMILES string of the molecule is COc1cccc(NC(=O)c2ccc(C(=O)N3CCOCC3)cc2)n1. The number of hydrogen-bond donors (Lipinski definition) is 1. The fraction of sp³-hybridized carbons (Fsp3) is 0.278. The lowest BCUT2D eigenvalue weighted by Gasteiger charge is -2.26. The standard InChI is InChI=1S/C18H19N3O4/c1-24-16-4-2-3-15(19-16)20-17(22)13-5-7-14(8-6-13)18(23)21-9-11-25-12-10-21/h2-8H,9-12H2,1H3,(H,19,20,22). The molecule has 2 aromatic rings. The average molecular weight is 341 g/mol. The fourth-order valence-corrected chi connectivity index (χ4v) is 2.50. The second-order valence-electron chi connectivity index (χ2n) is 5.50. The van der Waals surface area contributed by atoms with Crippen molar-refractivity contribution < 1.29 is 19.1 Å². The Morgan fingerprint density at radius 1 is 1.08 bits per heavy atom. The summed E-state index contributed by atoms with van der Waals surface area (Å²) in [6, 6.07) is 11.7. The predicted octanol–water partition coefficient (Wildman–Crippen LogP) is 1.81. The van der Waals surface area contributed by atoms with Crippen LogP contribution in [0.3, 0.4) is 0 Å². The van der Waals surface area contributed by atoms with Crippen molar-refractivity contribution in [2.75, 3.05) is 38.7 Å². The molecule has 130 valence electrons. The highest BCUT2D eigenvalue weighted by molar-refractivity contribution is 6.04. The number of nitrogens with zero attached hydrogens (tertiary/aromatic N) is 2. The number of pyridine rings is 1. The number of anilines is 1. The number of ether oxygens (including phenoxy) is 2. The first-order valence-electron chi connectivity index (χ1n) is 7.97. The van der Waals surface area contributed by atoms with Gasteiger partial charge in [-0.15, -0.1) is 0 Å². The van der Waals surface area contributed by atoms with Gasteiger partial charge < -0.3 is 19.7 Å². The zero-order chi connectivity index (χ0) is 17.6. The summed E-state index contributed by atoms with van der Waals surface area (Å²) in [6.45, 7) is 2.28. The number of aromatic nitrogens is 1. The third-order valence-corrected chi connectivity index (χ3v) is 3.87. The molecule has 0 saturated carbocycles. The molecule has 1 N–H and O–H groups in total. The maximum atomic E-state index is 12.4. The van der Waals surface area contributed by atoms with Gasteiger partial charge in [-0.3, -0.25) is 9.59 Å². The summed E-state index contributed by atoms with van der Waals surface area (Å²) in [5.74, 6) is 0.470. The molecule has 0 unspecified atom stereocenters. The molecule has 2 amide bonds. The van der Waals surface area contributed by atoms with Gasteiger partial charge in [-0.1, -0.05) is 6.07 Å². The van der Waals surface area contributed by atoms with Crippen molar-refractivity contribution in [1.82, 2.24) is 9.88 Å². The highest BCUT2D eigenvalue weighted by atomic mass is 16.5. The summed E-state index contributed by atoms with van der Waals surface area (Å²) in [5, 5.41) is 2.70. The summed E-state index contributed by atoms with van der Waals surface area (Å²) in [6.07, 6.45) is 0. The van der Waals surface area contributed by atoms with Crippen molar-refractivity contribution in [2.24, 2.45) is 0 Å². The number of carbonyl (C=O) groups excluding carboxylic acids is 2. The number of methoxy groups -OCH3 is 1. The minimum atomic E-state index is -0.300. The van der Waals surface area contributed by atoms with Gasteiger partial charge in [0.1, 0.15) is 5.82 Å². The number of carbonyl (C=O) groups is 2. The molecule has 1 aromatic carbocycles. The molecule has 3 rings (SSSR count). The highest BCUT2D eigenvalue weighted by Crippen LogP contribution is 2.14. The van der Waals surface area contributed by atoms with E-state index in [1.54, 1.807) is 47.4 Å². The van der Waals surface area contributed by atoms with Crippen LogP contribution in [-0.2, 0) is 4.74 Å². The Kier molecular flexibility index (Phi) is 5.25. The third-order valence-electron chi connectivity index (χ3n) is 3.87. The van der Waals surface area contributed by atoms with Gasteiger partial charge in [0.05, 0.1) is 20.3 Å². The smallest absolute Gasteiger partial charge is 0.256 e. The molecule has 0 bridgehead atoms. The largest absolute Gasteiger partial charge is 0.481 e. The van der Waals surface area contributed by atoms with Crippen LogP contribution in [-0.4, -0.2) is 55.1 Å². The van der Waals surface area contributed by atoms with E-state index < -0.39 is 0 Å². The number of nitrogens with one attached hydrogen (secondary N) is 1. The van der Waals surface area contributed by atoms with E-state index in [1.807, 2.05) is 0 Å². The average Bonchev–Trinajstić information content (AvgIpc) is 2.68. The van der Waals surface area contributed by atoms with E-state index in [4.69, 9.17) is 9.47 Å². The van der Waals surface area contributed by atoms with Crippen LogP contribution in [0.15, 0.2) is 42.5 Å². The van der Waals surface area contributed by atoms with Crippen molar-refractivity contribution >= 4 is 17.6 Å². The topological polar surface area (TPSA) is 80.8 Å². The van der Waals surface area contributed by atoms with E-state index in [2.05, 4.69) is 10.3 Å². The molecule has 1 aliphatic heterocycles. The maximum Gasteiger partial charge on any atom is 0.256 e. The first-order valence-corrected chi connectivity index (χ1v) is 7.97. The van der Waals surface area contributed by atoms with Crippen LogP contribution in [0.1, 0.15) is 20.7 Å². The summed E-state index contributed by atoms with van der Waals surface area (Å²) in [7, 11) is 1.51. The minimum absolute atomic E-state index is 0.0512. The lowest BCUT2D eigenvalue weighted by atomic mass is 10.1. The molecule has 0 aliphatic carbocycles. The van der Waals surface area contributed by atoms with Crippen LogP contribution in [0, 0.1) is 0 Å². The molecule has 7 heteroatoms. The third kappa shape index (κ3) is 4.13. The normalized spacial score (nSPS) is 14.0. The Balaban J connectivity index is 1.66. The van der Waals surface area contributed by atoms with E-state index in [0.29, 0.717) is 49.1 Å². The molecule has 0 radical (unpaired) electrons. The molecule has 1 aliphatic rings. The molecule has 1 aromatic heterocycles. The first-order chi connectivity index (χ1) is 12.2. The maximum absolute atomic E-state index is 12.4. The van der Waals surface area contributed by atoms with E-state index in [1.165, 1.54) is 7.11 Å². The van der Waals surface area contributed by atoms with Crippen molar-refractivity contribution in [3.63, 3.8) is 0 Å². The van der Waals surface area contributed by atoms with E-state index in [-0.39, 0.29) is 11.8 Å². The van der Waals surface area contributed by atoms with Gasteiger partial charge in [0.25, 0.3) is 11.8 Å². The molecule has 1 saturated heterocycles. The van der Waals surface area contributed by atoms with Gasteiger partial charge in [0, 0.05) is 30.3 Å². The second-order valence-corrected chi connectivity index (χ2v) is 5.50. The van der Waals surface area contributed by atoms with Gasteiger partial charge in [0.15, 0.2) is 0 Å². The van der Waals surface area contributed by atoms with Crippen LogP contribution in [0.25, 0.3) is 0 Å². The van der Waals surface area contributed by atoms with Crippen LogP contribution >= 0.6 is 0 Å².